The van der Waals surface area contributed by atoms with Crippen LogP contribution in [0.2, 0.25) is 0 Å². The first-order valence-electron chi connectivity index (χ1n) is 11.9. The minimum absolute atomic E-state index is 0.0375. The number of ether oxygens (including phenoxy) is 1. The van der Waals surface area contributed by atoms with Crippen molar-refractivity contribution in [2.75, 3.05) is 70.2 Å². The maximum Gasteiger partial charge on any atom is 0.228 e. The maximum absolute atomic E-state index is 11.8. The predicted molar refractivity (Wildman–Crippen MR) is 133 cm³/mol. The van der Waals surface area contributed by atoms with Gasteiger partial charge in [-0.15, -0.1) is 0 Å². The van der Waals surface area contributed by atoms with Crippen LogP contribution in [-0.2, 0) is 27.9 Å². The second-order valence-corrected chi connectivity index (χ2v) is 10.9. The van der Waals surface area contributed by atoms with Crippen LogP contribution < -0.4 is 4.90 Å². The zero-order chi connectivity index (χ0) is 24.4. The van der Waals surface area contributed by atoms with E-state index in [-0.39, 0.29) is 6.61 Å². The monoisotopic (exact) mass is 501 g/mol. The number of aliphatic hydroxyl groups is 1. The fraction of sp³-hybridized carbons (Fsp3) is 0.522. The molecule has 1 aromatic carbocycles. The van der Waals surface area contributed by atoms with Gasteiger partial charge >= 0.3 is 0 Å². The third-order valence-corrected chi connectivity index (χ3v) is 7.89. The minimum Gasteiger partial charge on any atom is -0.392 e. The van der Waals surface area contributed by atoms with E-state index in [2.05, 4.69) is 14.9 Å². The number of aromatic nitrogens is 4. The molecule has 5 rings (SSSR count). The number of hydrogen-bond acceptors (Lipinski definition) is 9. The van der Waals surface area contributed by atoms with Gasteiger partial charge in [-0.2, -0.15) is 14.4 Å². The third kappa shape index (κ3) is 5.31. The molecule has 3 aromatic rings. The Morgan fingerprint density at radius 2 is 1.80 bits per heavy atom. The lowest BCUT2D eigenvalue weighted by molar-refractivity contribution is 0.122. The standard InChI is InChI=1S/C23H31N7O4S/c1-35(32,33)29-8-5-27(6-9-29)7-10-30-22-20(16-24-30)21(19-4-2-3-18(15-19)17-31)25-23(26-22)28-11-13-34-14-12-28/h2-4,15-16,31H,5-14,17H2,1H3. The van der Waals surface area contributed by atoms with E-state index in [1.54, 1.807) is 6.20 Å². The van der Waals surface area contributed by atoms with Crippen LogP contribution in [0.3, 0.4) is 0 Å². The normalized spacial score (nSPS) is 18.4. The minimum atomic E-state index is -3.15. The van der Waals surface area contributed by atoms with Crippen molar-refractivity contribution in [2.45, 2.75) is 13.2 Å². The molecule has 2 aliphatic heterocycles. The van der Waals surface area contributed by atoms with Crippen molar-refractivity contribution >= 4 is 27.0 Å². The molecule has 0 radical (unpaired) electrons. The van der Waals surface area contributed by atoms with Crippen LogP contribution in [0.1, 0.15) is 5.56 Å². The van der Waals surface area contributed by atoms with Crippen molar-refractivity contribution in [3.63, 3.8) is 0 Å². The van der Waals surface area contributed by atoms with E-state index in [0.29, 0.717) is 51.9 Å². The van der Waals surface area contributed by atoms with Crippen LogP contribution in [0.15, 0.2) is 30.5 Å². The number of hydrogen-bond donors (Lipinski definition) is 1. The Balaban J connectivity index is 1.43. The number of aliphatic hydroxyl groups excluding tert-OH is 1. The molecule has 12 heteroatoms. The van der Waals surface area contributed by atoms with Crippen molar-refractivity contribution < 1.29 is 18.3 Å². The van der Waals surface area contributed by atoms with Crippen LogP contribution in [0.25, 0.3) is 22.3 Å². The molecule has 0 atom stereocenters. The molecule has 0 unspecified atom stereocenters. The lowest BCUT2D eigenvalue weighted by Gasteiger charge is -2.33. The van der Waals surface area contributed by atoms with E-state index in [1.165, 1.54) is 10.6 Å². The molecule has 0 spiro atoms. The van der Waals surface area contributed by atoms with E-state index in [0.717, 1.165) is 47.5 Å². The van der Waals surface area contributed by atoms with Crippen LogP contribution >= 0.6 is 0 Å². The molecular formula is C23H31N7O4S. The van der Waals surface area contributed by atoms with Crippen LogP contribution in [0.4, 0.5) is 5.95 Å². The van der Waals surface area contributed by atoms with Gasteiger partial charge in [0.1, 0.15) is 0 Å². The first-order chi connectivity index (χ1) is 16.9. The third-order valence-electron chi connectivity index (χ3n) is 6.59. The quantitative estimate of drug-likeness (QED) is 0.491. The van der Waals surface area contributed by atoms with Gasteiger partial charge in [0.2, 0.25) is 16.0 Å². The molecule has 0 amide bonds. The molecule has 11 nitrogen and oxygen atoms in total. The number of sulfonamides is 1. The first-order valence-corrected chi connectivity index (χ1v) is 13.7. The van der Waals surface area contributed by atoms with Gasteiger partial charge in [0.25, 0.3) is 0 Å². The Labute approximate surface area is 205 Å². The topological polar surface area (TPSA) is 117 Å². The summed E-state index contributed by atoms with van der Waals surface area (Å²) < 4.78 is 32.5. The molecule has 0 saturated carbocycles. The van der Waals surface area contributed by atoms with E-state index in [9.17, 15) is 13.5 Å². The second kappa shape index (κ2) is 10.2. The Hall–Kier alpha value is -2.64. The molecule has 2 fully saturated rings. The molecule has 2 saturated heterocycles. The molecule has 2 aliphatic rings. The number of morpholine rings is 1. The van der Waals surface area contributed by atoms with Gasteiger partial charge in [0.05, 0.1) is 49.9 Å². The molecular weight excluding hydrogens is 470 g/mol. The summed E-state index contributed by atoms with van der Waals surface area (Å²) in [6, 6.07) is 7.74. The first kappa shape index (κ1) is 24.1. The van der Waals surface area contributed by atoms with Crippen LogP contribution in [-0.4, -0.2) is 108 Å². The molecule has 4 heterocycles. The van der Waals surface area contributed by atoms with Crippen molar-refractivity contribution in [2.24, 2.45) is 0 Å². The summed E-state index contributed by atoms with van der Waals surface area (Å²) in [7, 11) is -3.15. The van der Waals surface area contributed by atoms with Crippen molar-refractivity contribution in [1.82, 2.24) is 29.0 Å². The van der Waals surface area contributed by atoms with Gasteiger partial charge in [-0.25, -0.2) is 18.1 Å². The van der Waals surface area contributed by atoms with Gasteiger partial charge < -0.3 is 14.7 Å². The molecule has 1 N–H and O–H groups in total. The number of anilines is 1. The highest BCUT2D eigenvalue weighted by molar-refractivity contribution is 7.88. The fourth-order valence-electron chi connectivity index (χ4n) is 4.57. The molecule has 0 aliphatic carbocycles. The van der Waals surface area contributed by atoms with Gasteiger partial charge in [0.15, 0.2) is 5.65 Å². The lowest BCUT2D eigenvalue weighted by Crippen LogP contribution is -2.48. The highest BCUT2D eigenvalue weighted by Crippen LogP contribution is 2.29. The average molecular weight is 502 g/mol. The van der Waals surface area contributed by atoms with E-state index in [4.69, 9.17) is 14.7 Å². The smallest absolute Gasteiger partial charge is 0.228 e. The number of benzene rings is 1. The summed E-state index contributed by atoms with van der Waals surface area (Å²) in [4.78, 5) is 14.2. The Morgan fingerprint density at radius 3 is 2.51 bits per heavy atom. The Morgan fingerprint density at radius 1 is 1.03 bits per heavy atom. The zero-order valence-corrected chi connectivity index (χ0v) is 20.7. The van der Waals surface area contributed by atoms with Crippen molar-refractivity contribution in [3.8, 4) is 11.3 Å². The summed E-state index contributed by atoms with van der Waals surface area (Å²) in [6.07, 6.45) is 3.07. The lowest BCUT2D eigenvalue weighted by atomic mass is 10.1. The second-order valence-electron chi connectivity index (χ2n) is 8.94. The summed E-state index contributed by atoms with van der Waals surface area (Å²) in [6.45, 7) is 6.47. The highest BCUT2D eigenvalue weighted by atomic mass is 32.2. The molecule has 0 bridgehead atoms. The fourth-order valence-corrected chi connectivity index (χ4v) is 5.40. The molecule has 35 heavy (non-hydrogen) atoms. The van der Waals surface area contributed by atoms with E-state index >= 15 is 0 Å². The Bertz CT molecular complexity index is 1280. The van der Waals surface area contributed by atoms with Crippen molar-refractivity contribution in [3.05, 3.63) is 36.0 Å². The molecule has 2 aromatic heterocycles. The van der Waals surface area contributed by atoms with E-state index in [1.807, 2.05) is 28.9 Å². The van der Waals surface area contributed by atoms with Crippen LogP contribution in [0, 0.1) is 0 Å². The van der Waals surface area contributed by atoms with E-state index < -0.39 is 10.0 Å². The van der Waals surface area contributed by atoms with Crippen molar-refractivity contribution in [1.29, 1.82) is 0 Å². The Kier molecular flexibility index (Phi) is 6.98. The summed E-state index contributed by atoms with van der Waals surface area (Å²) in [5.74, 6) is 0.647. The summed E-state index contributed by atoms with van der Waals surface area (Å²) >= 11 is 0. The number of rotatable bonds is 7. The summed E-state index contributed by atoms with van der Waals surface area (Å²) in [5.41, 5.74) is 3.29. The van der Waals surface area contributed by atoms with Crippen LogP contribution in [0.5, 0.6) is 0 Å². The average Bonchev–Trinajstić information content (AvgIpc) is 3.30. The number of nitrogens with zero attached hydrogens (tertiary/aromatic N) is 7. The summed E-state index contributed by atoms with van der Waals surface area (Å²) in [5, 5.41) is 15.1. The van der Waals surface area contributed by atoms with Gasteiger partial charge in [-0.1, -0.05) is 18.2 Å². The maximum atomic E-state index is 11.8. The predicted octanol–water partition coefficient (Wildman–Crippen LogP) is 0.399. The van der Waals surface area contributed by atoms with Gasteiger partial charge in [-0.05, 0) is 11.6 Å². The zero-order valence-electron chi connectivity index (χ0n) is 19.9. The number of fused-ring (bicyclic) bond motifs is 1. The SMILES string of the molecule is CS(=O)(=O)N1CCN(CCn2ncc3c(-c4cccc(CO)c4)nc(N4CCOCC4)nc32)CC1. The highest BCUT2D eigenvalue weighted by Gasteiger charge is 2.24. The largest absolute Gasteiger partial charge is 0.392 e. The van der Waals surface area contributed by atoms with Gasteiger partial charge in [-0.3, -0.25) is 4.90 Å². The molecule has 188 valence electrons. The van der Waals surface area contributed by atoms with Gasteiger partial charge in [0, 0.05) is 51.4 Å². The number of piperazine rings is 1.